The lowest BCUT2D eigenvalue weighted by Crippen LogP contribution is -2.63. The molecule has 0 aliphatic rings. The van der Waals surface area contributed by atoms with Gasteiger partial charge in [-0.05, 0) is 6.92 Å². The highest BCUT2D eigenvalue weighted by molar-refractivity contribution is 7.86. The Labute approximate surface area is 147 Å². The van der Waals surface area contributed by atoms with E-state index in [4.69, 9.17) is 4.55 Å². The molecule has 156 valence electrons. The monoisotopic (exact) mass is 431 g/mol. The number of nitrogens with one attached hydrogen (secondary N) is 1. The van der Waals surface area contributed by atoms with E-state index in [0.29, 0.717) is 0 Å². The third-order valence-electron chi connectivity index (χ3n) is 2.45. The van der Waals surface area contributed by atoms with E-state index >= 15 is 0 Å². The molecule has 0 aliphatic carbocycles. The number of amides is 1. The number of alkyl halides is 5. The first-order valence-electron chi connectivity index (χ1n) is 6.28. The fourth-order valence-electron chi connectivity index (χ4n) is 1.18. The molecule has 0 saturated carbocycles. The molecular formula is C11H11F6NO8S. The quantitative estimate of drug-likeness (QED) is 0.177. The minimum absolute atomic E-state index is 0.790. The molecule has 0 aromatic carbocycles. The number of rotatable bonds is 9. The topological polar surface area (TPSA) is 136 Å². The SMILES string of the molecule is C=C(F)C(=O)OC(OCC(F)(F)S(=O)(=O)O)(C(=O)NCC(C)=O)C(F)(F)F. The van der Waals surface area contributed by atoms with Gasteiger partial charge >= 0.3 is 39.2 Å². The first kappa shape index (κ1) is 24.8. The summed E-state index contributed by atoms with van der Waals surface area (Å²) < 4.78 is 115. The Bertz CT molecular complexity index is 734. The van der Waals surface area contributed by atoms with Crippen molar-refractivity contribution in [3.63, 3.8) is 0 Å². The Kier molecular flexibility index (Phi) is 7.55. The highest BCUT2D eigenvalue weighted by Crippen LogP contribution is 2.38. The van der Waals surface area contributed by atoms with Crippen molar-refractivity contribution in [1.29, 1.82) is 0 Å². The van der Waals surface area contributed by atoms with E-state index < -0.39 is 64.0 Å². The summed E-state index contributed by atoms with van der Waals surface area (Å²) in [5, 5.41) is -4.16. The Morgan fingerprint density at radius 1 is 1.15 bits per heavy atom. The molecular weight excluding hydrogens is 420 g/mol. The first-order valence-corrected chi connectivity index (χ1v) is 7.72. The van der Waals surface area contributed by atoms with Gasteiger partial charge in [-0.3, -0.25) is 14.1 Å². The second kappa shape index (κ2) is 8.22. The molecule has 0 rings (SSSR count). The molecule has 0 aromatic heterocycles. The molecule has 0 aliphatic heterocycles. The van der Waals surface area contributed by atoms with Crippen LogP contribution in [0.3, 0.4) is 0 Å². The Morgan fingerprint density at radius 2 is 1.63 bits per heavy atom. The summed E-state index contributed by atoms with van der Waals surface area (Å²) in [6, 6.07) is 0. The van der Waals surface area contributed by atoms with Crippen LogP contribution in [0.2, 0.25) is 0 Å². The lowest BCUT2D eigenvalue weighted by atomic mass is 10.2. The Balaban J connectivity index is 6.14. The van der Waals surface area contributed by atoms with Crippen LogP contribution in [0.25, 0.3) is 0 Å². The second-order valence-electron chi connectivity index (χ2n) is 4.69. The highest BCUT2D eigenvalue weighted by Gasteiger charge is 2.68. The lowest BCUT2D eigenvalue weighted by Gasteiger charge is -2.33. The van der Waals surface area contributed by atoms with Gasteiger partial charge in [0.25, 0.3) is 0 Å². The largest absolute Gasteiger partial charge is 0.466 e. The average Bonchev–Trinajstić information content (AvgIpc) is 2.46. The molecule has 0 bridgehead atoms. The van der Waals surface area contributed by atoms with E-state index in [1.54, 1.807) is 0 Å². The van der Waals surface area contributed by atoms with Crippen LogP contribution in [0.5, 0.6) is 0 Å². The zero-order chi connectivity index (χ0) is 21.8. The maximum atomic E-state index is 13.3. The molecule has 9 nitrogen and oxygen atoms in total. The van der Waals surface area contributed by atoms with Gasteiger partial charge < -0.3 is 14.8 Å². The molecule has 0 fully saturated rings. The van der Waals surface area contributed by atoms with Crippen LogP contribution in [-0.4, -0.2) is 61.0 Å². The van der Waals surface area contributed by atoms with Crippen LogP contribution < -0.4 is 5.32 Å². The molecule has 16 heteroatoms. The molecule has 1 amide bonds. The normalized spacial score (nSPS) is 14.8. The van der Waals surface area contributed by atoms with Crippen LogP contribution in [0.4, 0.5) is 26.3 Å². The molecule has 2 N–H and O–H groups in total. The van der Waals surface area contributed by atoms with Crippen molar-refractivity contribution in [2.24, 2.45) is 0 Å². The van der Waals surface area contributed by atoms with Gasteiger partial charge in [0.15, 0.2) is 0 Å². The van der Waals surface area contributed by atoms with Gasteiger partial charge in [0.2, 0.25) is 5.83 Å². The number of ether oxygens (including phenoxy) is 2. The van der Waals surface area contributed by atoms with Gasteiger partial charge in [0.05, 0.1) is 6.54 Å². The Morgan fingerprint density at radius 3 is 1.96 bits per heavy atom. The number of Topliss-reactive ketones (excluding diaryl/α,β-unsaturated/α-hetero) is 1. The molecule has 0 spiro atoms. The van der Waals surface area contributed by atoms with Crippen molar-refractivity contribution >= 4 is 27.8 Å². The summed E-state index contributed by atoms with van der Waals surface area (Å²) >= 11 is 0. The van der Waals surface area contributed by atoms with Crippen molar-refractivity contribution in [2.75, 3.05) is 13.2 Å². The van der Waals surface area contributed by atoms with Crippen LogP contribution in [-0.2, 0) is 34.0 Å². The van der Waals surface area contributed by atoms with Crippen LogP contribution in [0, 0.1) is 0 Å². The smallest absolute Gasteiger partial charge is 0.410 e. The predicted molar refractivity (Wildman–Crippen MR) is 71.3 cm³/mol. The maximum Gasteiger partial charge on any atom is 0.466 e. The van der Waals surface area contributed by atoms with Crippen LogP contribution in [0.15, 0.2) is 12.4 Å². The number of ketones is 1. The summed E-state index contributed by atoms with van der Waals surface area (Å²) in [6.07, 6.45) is -6.17. The zero-order valence-electron chi connectivity index (χ0n) is 13.1. The number of esters is 1. The fraction of sp³-hybridized carbons (Fsp3) is 0.545. The molecule has 0 aromatic rings. The minimum Gasteiger partial charge on any atom is -0.410 e. The highest BCUT2D eigenvalue weighted by atomic mass is 32.2. The van der Waals surface area contributed by atoms with E-state index in [0.717, 1.165) is 6.92 Å². The molecule has 1 atom stereocenters. The molecule has 1 unspecified atom stereocenters. The lowest BCUT2D eigenvalue weighted by molar-refractivity contribution is -0.352. The zero-order valence-corrected chi connectivity index (χ0v) is 13.9. The van der Waals surface area contributed by atoms with Crippen molar-refractivity contribution in [3.05, 3.63) is 12.4 Å². The van der Waals surface area contributed by atoms with Gasteiger partial charge in [-0.15, -0.1) is 0 Å². The maximum absolute atomic E-state index is 13.3. The fourth-order valence-corrected chi connectivity index (χ4v) is 1.38. The first-order chi connectivity index (χ1) is 11.9. The molecule has 0 radical (unpaired) electrons. The second-order valence-corrected chi connectivity index (χ2v) is 6.24. The number of carbonyl (C=O) groups excluding carboxylic acids is 3. The van der Waals surface area contributed by atoms with Crippen molar-refractivity contribution in [1.82, 2.24) is 5.32 Å². The summed E-state index contributed by atoms with van der Waals surface area (Å²) in [7, 11) is -6.31. The molecule has 0 saturated heterocycles. The number of hydrogen-bond donors (Lipinski definition) is 2. The Hall–Kier alpha value is -2.20. The summed E-state index contributed by atoms with van der Waals surface area (Å²) in [6.45, 7) is -0.906. The van der Waals surface area contributed by atoms with Crippen LogP contribution >= 0.6 is 0 Å². The number of halogens is 6. The van der Waals surface area contributed by atoms with Gasteiger partial charge in [0, 0.05) is 0 Å². The summed E-state index contributed by atoms with van der Waals surface area (Å²) in [5.41, 5.74) is 0. The van der Waals surface area contributed by atoms with E-state index in [1.165, 1.54) is 5.32 Å². The third kappa shape index (κ3) is 6.17. The minimum atomic E-state index is -6.31. The van der Waals surface area contributed by atoms with Gasteiger partial charge in [-0.25, -0.2) is 4.79 Å². The van der Waals surface area contributed by atoms with Gasteiger partial charge in [0.1, 0.15) is 12.4 Å². The van der Waals surface area contributed by atoms with E-state index in [2.05, 4.69) is 16.1 Å². The van der Waals surface area contributed by atoms with E-state index in [1.807, 2.05) is 0 Å². The van der Waals surface area contributed by atoms with E-state index in [9.17, 15) is 49.1 Å². The summed E-state index contributed by atoms with van der Waals surface area (Å²) in [5.74, 6) is -13.3. The number of hydrogen-bond acceptors (Lipinski definition) is 7. The van der Waals surface area contributed by atoms with Crippen molar-refractivity contribution < 1.29 is 63.2 Å². The average molecular weight is 431 g/mol. The van der Waals surface area contributed by atoms with Crippen LogP contribution in [0.1, 0.15) is 6.92 Å². The standard InChI is InChI=1S/C11H11F6NO8S/c1-5(19)3-18-8(21)10(11(15,16)17,26-7(20)6(2)12)25-4-9(13,14)27(22,23)24/h2-4H2,1H3,(H,18,21)(H,22,23,24). The van der Waals surface area contributed by atoms with E-state index in [-0.39, 0.29) is 0 Å². The van der Waals surface area contributed by atoms with Crippen molar-refractivity contribution in [3.8, 4) is 0 Å². The van der Waals surface area contributed by atoms with Crippen molar-refractivity contribution in [2.45, 2.75) is 24.1 Å². The number of carbonyl (C=O) groups is 3. The molecule has 0 heterocycles. The van der Waals surface area contributed by atoms with Gasteiger partial charge in [-0.1, -0.05) is 6.58 Å². The molecule has 27 heavy (non-hydrogen) atoms. The third-order valence-corrected chi connectivity index (χ3v) is 3.32. The predicted octanol–water partition coefficient (Wildman–Crippen LogP) is 0.474. The van der Waals surface area contributed by atoms with Gasteiger partial charge in [-0.2, -0.15) is 34.8 Å². The summed E-state index contributed by atoms with van der Waals surface area (Å²) in [4.78, 5) is 33.6.